The first kappa shape index (κ1) is 12.9. The molecular formula is C13H14ClNO3. The zero-order valence-electron chi connectivity index (χ0n) is 10.2. The molecule has 18 heavy (non-hydrogen) atoms. The van der Waals surface area contributed by atoms with E-state index >= 15 is 0 Å². The number of halogens is 1. The Morgan fingerprint density at radius 2 is 2.22 bits per heavy atom. The third-order valence-electron chi connectivity index (χ3n) is 2.80. The maximum Gasteiger partial charge on any atom is 0.265 e. The number of Topliss-reactive ketones (excluding diaryl/α,β-unsaturated/α-hetero) is 1. The fraction of sp³-hybridized carbons (Fsp3) is 0.385. The Morgan fingerprint density at radius 1 is 1.50 bits per heavy atom. The van der Waals surface area contributed by atoms with E-state index in [0.29, 0.717) is 17.0 Å². The lowest BCUT2D eigenvalue weighted by atomic mass is 10.0. The summed E-state index contributed by atoms with van der Waals surface area (Å²) in [6.45, 7) is 3.83. The van der Waals surface area contributed by atoms with Gasteiger partial charge < -0.3 is 10.1 Å². The van der Waals surface area contributed by atoms with Crippen molar-refractivity contribution in [2.75, 3.05) is 11.2 Å². The van der Waals surface area contributed by atoms with Crippen LogP contribution >= 0.6 is 11.6 Å². The minimum absolute atomic E-state index is 0.0811. The second-order valence-corrected chi connectivity index (χ2v) is 4.81. The Bertz CT molecular complexity index is 499. The van der Waals surface area contributed by atoms with Crippen molar-refractivity contribution >= 4 is 29.0 Å². The molecular weight excluding hydrogens is 254 g/mol. The Hall–Kier alpha value is -1.55. The van der Waals surface area contributed by atoms with Crippen LogP contribution in [0.2, 0.25) is 0 Å². The predicted octanol–water partition coefficient (Wildman–Crippen LogP) is 2.46. The van der Waals surface area contributed by atoms with Gasteiger partial charge in [-0.3, -0.25) is 9.59 Å². The normalized spacial score (nSPS) is 18.0. The highest BCUT2D eigenvalue weighted by atomic mass is 35.5. The standard InChI is InChI=1S/C13H14ClNO3/c1-7(2)12-13(17)15-9-5-8(10(16)6-14)3-4-11(9)18-12/h3-5,7,12H,6H2,1-2H3,(H,15,17). The van der Waals surface area contributed by atoms with Crippen molar-refractivity contribution in [3.05, 3.63) is 23.8 Å². The first-order chi connectivity index (χ1) is 8.52. The minimum atomic E-state index is -0.493. The second-order valence-electron chi connectivity index (χ2n) is 4.54. The Balaban J connectivity index is 2.32. The van der Waals surface area contributed by atoms with Crippen LogP contribution in [0, 0.1) is 5.92 Å². The van der Waals surface area contributed by atoms with Gasteiger partial charge in [-0.25, -0.2) is 0 Å². The Morgan fingerprint density at radius 3 is 2.83 bits per heavy atom. The van der Waals surface area contributed by atoms with Crippen molar-refractivity contribution in [1.82, 2.24) is 0 Å². The van der Waals surface area contributed by atoms with E-state index in [4.69, 9.17) is 16.3 Å². The van der Waals surface area contributed by atoms with Gasteiger partial charge >= 0.3 is 0 Å². The summed E-state index contributed by atoms with van der Waals surface area (Å²) >= 11 is 5.49. The third-order valence-corrected chi connectivity index (χ3v) is 3.04. The monoisotopic (exact) mass is 267 g/mol. The molecule has 0 fully saturated rings. The number of ether oxygens (including phenoxy) is 1. The van der Waals surface area contributed by atoms with Gasteiger partial charge in [0.1, 0.15) is 5.75 Å². The maximum absolute atomic E-state index is 11.8. The van der Waals surface area contributed by atoms with Crippen LogP contribution < -0.4 is 10.1 Å². The topological polar surface area (TPSA) is 55.4 Å². The van der Waals surface area contributed by atoms with E-state index in [1.54, 1.807) is 18.2 Å². The summed E-state index contributed by atoms with van der Waals surface area (Å²) in [5.41, 5.74) is 0.989. The van der Waals surface area contributed by atoms with Crippen molar-refractivity contribution in [2.45, 2.75) is 20.0 Å². The van der Waals surface area contributed by atoms with Crippen molar-refractivity contribution < 1.29 is 14.3 Å². The summed E-state index contributed by atoms with van der Waals surface area (Å²) in [6.07, 6.45) is -0.493. The van der Waals surface area contributed by atoms with Crippen molar-refractivity contribution in [3.63, 3.8) is 0 Å². The van der Waals surface area contributed by atoms with Crippen molar-refractivity contribution in [2.24, 2.45) is 5.92 Å². The van der Waals surface area contributed by atoms with Gasteiger partial charge in [-0.05, 0) is 24.1 Å². The number of carbonyl (C=O) groups is 2. The number of nitrogens with one attached hydrogen (secondary N) is 1. The average Bonchev–Trinajstić information content (AvgIpc) is 2.35. The fourth-order valence-electron chi connectivity index (χ4n) is 1.81. The molecule has 1 N–H and O–H groups in total. The molecule has 1 amide bonds. The summed E-state index contributed by atoms with van der Waals surface area (Å²) in [7, 11) is 0. The van der Waals surface area contributed by atoms with Crippen LogP contribution in [0.25, 0.3) is 0 Å². The number of anilines is 1. The van der Waals surface area contributed by atoms with E-state index in [-0.39, 0.29) is 23.5 Å². The number of carbonyl (C=O) groups excluding carboxylic acids is 2. The quantitative estimate of drug-likeness (QED) is 0.676. The fourth-order valence-corrected chi connectivity index (χ4v) is 1.97. The molecule has 1 aliphatic heterocycles. The predicted molar refractivity (Wildman–Crippen MR) is 69.4 cm³/mol. The van der Waals surface area contributed by atoms with Gasteiger partial charge in [0.25, 0.3) is 5.91 Å². The molecule has 1 heterocycles. The average molecular weight is 268 g/mol. The van der Waals surface area contributed by atoms with Crippen LogP contribution in [0.1, 0.15) is 24.2 Å². The number of alkyl halides is 1. The summed E-state index contributed by atoms with van der Waals surface area (Å²) in [6, 6.07) is 4.93. The first-order valence-corrected chi connectivity index (χ1v) is 6.27. The van der Waals surface area contributed by atoms with Gasteiger partial charge in [-0.15, -0.1) is 11.6 Å². The third kappa shape index (κ3) is 2.34. The largest absolute Gasteiger partial charge is 0.478 e. The molecule has 4 nitrogen and oxygen atoms in total. The lowest BCUT2D eigenvalue weighted by molar-refractivity contribution is -0.125. The maximum atomic E-state index is 11.8. The SMILES string of the molecule is CC(C)C1Oc2ccc(C(=O)CCl)cc2NC1=O. The van der Waals surface area contributed by atoms with Crippen LogP contribution in [0.4, 0.5) is 5.69 Å². The van der Waals surface area contributed by atoms with Gasteiger partial charge in [0.15, 0.2) is 11.9 Å². The first-order valence-electron chi connectivity index (χ1n) is 5.73. The molecule has 0 spiro atoms. The molecule has 2 rings (SSSR count). The van der Waals surface area contributed by atoms with Crippen LogP contribution in [-0.2, 0) is 4.79 Å². The number of hydrogen-bond acceptors (Lipinski definition) is 3. The van der Waals surface area contributed by atoms with Gasteiger partial charge in [-0.2, -0.15) is 0 Å². The highest BCUT2D eigenvalue weighted by molar-refractivity contribution is 6.30. The molecule has 0 aliphatic carbocycles. The van der Waals surface area contributed by atoms with E-state index in [2.05, 4.69) is 5.32 Å². The number of fused-ring (bicyclic) bond motifs is 1. The number of amides is 1. The molecule has 0 radical (unpaired) electrons. The molecule has 0 aromatic heterocycles. The van der Waals surface area contributed by atoms with Crippen molar-refractivity contribution in [1.29, 1.82) is 0 Å². The highest BCUT2D eigenvalue weighted by Gasteiger charge is 2.30. The van der Waals surface area contributed by atoms with Crippen LogP contribution in [0.3, 0.4) is 0 Å². The molecule has 0 saturated carbocycles. The van der Waals surface area contributed by atoms with E-state index in [9.17, 15) is 9.59 Å². The minimum Gasteiger partial charge on any atom is -0.478 e. The highest BCUT2D eigenvalue weighted by Crippen LogP contribution is 2.32. The molecule has 0 saturated heterocycles. The van der Waals surface area contributed by atoms with E-state index in [1.165, 1.54) is 0 Å². The number of benzene rings is 1. The van der Waals surface area contributed by atoms with Crippen LogP contribution in [0.5, 0.6) is 5.75 Å². The number of rotatable bonds is 3. The zero-order chi connectivity index (χ0) is 13.3. The number of hydrogen-bond donors (Lipinski definition) is 1. The van der Waals surface area contributed by atoms with E-state index in [0.717, 1.165) is 0 Å². The second kappa shape index (κ2) is 4.98. The Kier molecular flexibility index (Phi) is 3.57. The molecule has 1 aromatic carbocycles. The molecule has 96 valence electrons. The molecule has 0 bridgehead atoms. The lowest BCUT2D eigenvalue weighted by Crippen LogP contribution is -2.40. The summed E-state index contributed by atoms with van der Waals surface area (Å²) in [4.78, 5) is 23.3. The van der Waals surface area contributed by atoms with E-state index < -0.39 is 6.10 Å². The van der Waals surface area contributed by atoms with Gasteiger partial charge in [-0.1, -0.05) is 13.8 Å². The van der Waals surface area contributed by atoms with Gasteiger partial charge in [0.2, 0.25) is 0 Å². The van der Waals surface area contributed by atoms with Crippen molar-refractivity contribution in [3.8, 4) is 5.75 Å². The van der Waals surface area contributed by atoms with Crippen LogP contribution in [-0.4, -0.2) is 23.7 Å². The summed E-state index contributed by atoms with van der Waals surface area (Å²) in [5, 5.41) is 2.75. The van der Waals surface area contributed by atoms with Gasteiger partial charge in [0.05, 0.1) is 11.6 Å². The van der Waals surface area contributed by atoms with E-state index in [1.807, 2.05) is 13.8 Å². The molecule has 1 aromatic rings. The molecule has 1 atom stereocenters. The number of ketones is 1. The van der Waals surface area contributed by atoms with Crippen LogP contribution in [0.15, 0.2) is 18.2 Å². The Labute approximate surface area is 110 Å². The lowest BCUT2D eigenvalue weighted by Gasteiger charge is -2.28. The molecule has 5 heteroatoms. The smallest absolute Gasteiger partial charge is 0.265 e. The molecule has 1 unspecified atom stereocenters. The summed E-state index contributed by atoms with van der Waals surface area (Å²) < 4.78 is 5.62. The summed E-state index contributed by atoms with van der Waals surface area (Å²) in [5.74, 6) is 0.219. The zero-order valence-corrected chi connectivity index (χ0v) is 11.0. The molecule has 1 aliphatic rings. The van der Waals surface area contributed by atoms with Gasteiger partial charge in [0, 0.05) is 5.56 Å².